The largest absolute Gasteiger partial charge is 0.388 e. The average molecular weight is 433 g/mol. The molecule has 0 aliphatic heterocycles. The maximum absolute atomic E-state index is 12.2. The number of hydrogen-bond donors (Lipinski definition) is 1. The zero-order valence-electron chi connectivity index (χ0n) is 19.7. The van der Waals surface area contributed by atoms with E-state index >= 15 is 0 Å². The molecule has 0 aromatic heterocycles. The van der Waals surface area contributed by atoms with E-state index in [9.17, 15) is 15.2 Å². The molecular formula is C28H36N2O2. The second kappa shape index (κ2) is 7.73. The van der Waals surface area contributed by atoms with Crippen LogP contribution in [-0.2, 0) is 4.79 Å². The minimum absolute atomic E-state index is 0.229. The number of allylic oxidation sites excluding steroid dienone is 1. The predicted molar refractivity (Wildman–Crippen MR) is 126 cm³/mol. The second-order valence-electron chi connectivity index (χ2n) is 11.3. The predicted octanol–water partition coefficient (Wildman–Crippen LogP) is 5.23. The molecule has 3 fully saturated rings. The molecule has 0 bridgehead atoms. The molecule has 7 atom stereocenters. The third kappa shape index (κ3) is 3.16. The lowest BCUT2D eigenvalue weighted by molar-refractivity contribution is -0.125. The van der Waals surface area contributed by atoms with Crippen molar-refractivity contribution in [2.24, 2.45) is 29.1 Å². The number of hydrogen-bond acceptors (Lipinski definition) is 4. The summed E-state index contributed by atoms with van der Waals surface area (Å²) >= 11 is 0. The van der Waals surface area contributed by atoms with Gasteiger partial charge < -0.3 is 10.0 Å². The number of anilines is 1. The van der Waals surface area contributed by atoms with Gasteiger partial charge in [-0.1, -0.05) is 24.6 Å². The Labute approximate surface area is 192 Å². The summed E-state index contributed by atoms with van der Waals surface area (Å²) in [6.07, 6.45) is 8.65. The molecule has 32 heavy (non-hydrogen) atoms. The van der Waals surface area contributed by atoms with Crippen molar-refractivity contribution in [1.29, 1.82) is 5.26 Å². The summed E-state index contributed by atoms with van der Waals surface area (Å²) in [5, 5.41) is 21.2. The molecule has 1 aromatic carbocycles. The summed E-state index contributed by atoms with van der Waals surface area (Å²) in [5.41, 5.74) is 2.80. The SMILES string of the molecule is CN(C)c1ccc([C@H]2C[C@@]3(C)[C@@H](CC[C@@]3(O)CC#N)[C@@H]3CCC4=CC(=O)CC[C@@H]4[C@H]32)cc1. The summed E-state index contributed by atoms with van der Waals surface area (Å²) in [6, 6.07) is 11.3. The van der Waals surface area contributed by atoms with Gasteiger partial charge in [-0.25, -0.2) is 0 Å². The lowest BCUT2D eigenvalue weighted by Crippen LogP contribution is -2.55. The number of nitrogens with zero attached hydrogens (tertiary/aromatic N) is 2. The van der Waals surface area contributed by atoms with E-state index in [4.69, 9.17) is 0 Å². The van der Waals surface area contributed by atoms with Crippen LogP contribution in [0.1, 0.15) is 69.8 Å². The quantitative estimate of drug-likeness (QED) is 0.710. The van der Waals surface area contributed by atoms with Crippen LogP contribution >= 0.6 is 0 Å². The van der Waals surface area contributed by atoms with E-state index in [-0.39, 0.29) is 11.8 Å². The third-order valence-corrected chi connectivity index (χ3v) is 9.83. The molecular weight excluding hydrogens is 396 g/mol. The van der Waals surface area contributed by atoms with Crippen LogP contribution in [0.2, 0.25) is 0 Å². The first-order valence-corrected chi connectivity index (χ1v) is 12.4. The Kier molecular flexibility index (Phi) is 5.25. The van der Waals surface area contributed by atoms with Crippen LogP contribution in [0.4, 0.5) is 5.69 Å². The fourth-order valence-electron chi connectivity index (χ4n) is 8.18. The molecule has 4 aliphatic carbocycles. The highest BCUT2D eigenvalue weighted by Gasteiger charge is 2.64. The Morgan fingerprint density at radius 1 is 1.12 bits per heavy atom. The number of benzene rings is 1. The van der Waals surface area contributed by atoms with Crippen LogP contribution in [0.3, 0.4) is 0 Å². The molecule has 0 amide bonds. The number of fused-ring (bicyclic) bond motifs is 5. The highest BCUT2D eigenvalue weighted by atomic mass is 16.3. The first-order chi connectivity index (χ1) is 15.3. The van der Waals surface area contributed by atoms with Crippen LogP contribution in [0.25, 0.3) is 0 Å². The molecule has 1 N–H and O–H groups in total. The summed E-state index contributed by atoms with van der Waals surface area (Å²) in [5.74, 6) is 2.67. The first-order valence-electron chi connectivity index (χ1n) is 12.4. The fourth-order valence-corrected chi connectivity index (χ4v) is 8.18. The molecule has 1 aromatic rings. The van der Waals surface area contributed by atoms with Crippen molar-refractivity contribution < 1.29 is 9.90 Å². The van der Waals surface area contributed by atoms with E-state index in [2.05, 4.69) is 56.3 Å². The van der Waals surface area contributed by atoms with Crippen molar-refractivity contribution >= 4 is 11.5 Å². The Balaban J connectivity index is 1.59. The molecule has 0 saturated heterocycles. The van der Waals surface area contributed by atoms with E-state index in [1.54, 1.807) is 0 Å². The molecule has 0 unspecified atom stereocenters. The number of nitriles is 1. The van der Waals surface area contributed by atoms with Gasteiger partial charge in [-0.05, 0) is 91.9 Å². The van der Waals surface area contributed by atoms with Gasteiger partial charge in [0.15, 0.2) is 5.78 Å². The van der Waals surface area contributed by atoms with E-state index < -0.39 is 5.60 Å². The van der Waals surface area contributed by atoms with Gasteiger partial charge in [0.25, 0.3) is 0 Å². The van der Waals surface area contributed by atoms with Crippen molar-refractivity contribution in [1.82, 2.24) is 0 Å². The minimum Gasteiger partial charge on any atom is -0.388 e. The van der Waals surface area contributed by atoms with Crippen molar-refractivity contribution in [3.63, 3.8) is 0 Å². The molecule has 3 saturated carbocycles. The van der Waals surface area contributed by atoms with E-state index in [1.807, 2.05) is 6.08 Å². The van der Waals surface area contributed by atoms with Crippen LogP contribution < -0.4 is 4.90 Å². The van der Waals surface area contributed by atoms with Crippen LogP contribution in [0.15, 0.2) is 35.9 Å². The standard InChI is InChI=1S/C28H36N2O2/c1-27-17-24(18-4-7-20(8-5-18)30(2)3)26-22-11-9-21(31)16-19(22)6-10-23(26)25(27)12-13-28(27,32)14-15-29/h4-5,7-8,16,22-26,32H,6,9-14,17H2,1-3H3/t22-,23-,24+,25-,26+,27-,28+/m0/s1. The molecule has 0 radical (unpaired) electrons. The molecule has 0 heterocycles. The average Bonchev–Trinajstić information content (AvgIpc) is 3.03. The minimum atomic E-state index is -0.891. The monoisotopic (exact) mass is 432 g/mol. The molecule has 5 rings (SSSR count). The topological polar surface area (TPSA) is 64.3 Å². The normalized spacial score (nSPS) is 40.5. The Morgan fingerprint density at radius 3 is 2.56 bits per heavy atom. The Morgan fingerprint density at radius 2 is 1.88 bits per heavy atom. The van der Waals surface area contributed by atoms with Gasteiger partial charge in [-0.2, -0.15) is 5.26 Å². The molecule has 4 heteroatoms. The summed E-state index contributed by atoms with van der Waals surface area (Å²) < 4.78 is 0. The number of ketones is 1. The summed E-state index contributed by atoms with van der Waals surface area (Å²) in [7, 11) is 4.13. The number of aliphatic hydroxyl groups is 1. The van der Waals surface area contributed by atoms with Crippen molar-refractivity contribution in [2.75, 3.05) is 19.0 Å². The van der Waals surface area contributed by atoms with Crippen LogP contribution in [0.5, 0.6) is 0 Å². The first kappa shape index (κ1) is 21.7. The molecule has 0 spiro atoms. The third-order valence-electron chi connectivity index (χ3n) is 9.83. The zero-order chi connectivity index (χ0) is 22.7. The van der Waals surface area contributed by atoms with E-state index in [1.165, 1.54) is 16.8 Å². The molecule has 4 aliphatic rings. The highest BCUT2D eigenvalue weighted by molar-refractivity contribution is 5.91. The second-order valence-corrected chi connectivity index (χ2v) is 11.3. The van der Waals surface area contributed by atoms with E-state index in [0.717, 1.165) is 38.5 Å². The highest BCUT2D eigenvalue weighted by Crippen LogP contribution is 2.68. The maximum Gasteiger partial charge on any atom is 0.155 e. The smallest absolute Gasteiger partial charge is 0.155 e. The lowest BCUT2D eigenvalue weighted by Gasteiger charge is -2.58. The van der Waals surface area contributed by atoms with E-state index in [0.29, 0.717) is 41.8 Å². The van der Waals surface area contributed by atoms with Crippen molar-refractivity contribution in [3.05, 3.63) is 41.5 Å². The number of rotatable bonds is 3. The van der Waals surface area contributed by atoms with Gasteiger partial charge >= 0.3 is 0 Å². The van der Waals surface area contributed by atoms with Gasteiger partial charge in [-0.3, -0.25) is 4.79 Å². The van der Waals surface area contributed by atoms with Crippen molar-refractivity contribution in [2.45, 2.75) is 69.8 Å². The van der Waals surface area contributed by atoms with Gasteiger partial charge in [0, 0.05) is 31.6 Å². The summed E-state index contributed by atoms with van der Waals surface area (Å²) in [6.45, 7) is 2.27. The van der Waals surface area contributed by atoms with Gasteiger partial charge in [0.05, 0.1) is 18.1 Å². The lowest BCUT2D eigenvalue weighted by atomic mass is 9.46. The number of carbonyl (C=O) groups excluding carboxylic acids is 1. The van der Waals surface area contributed by atoms with Crippen LogP contribution in [-0.4, -0.2) is 30.6 Å². The zero-order valence-corrected chi connectivity index (χ0v) is 19.7. The molecule has 4 nitrogen and oxygen atoms in total. The van der Waals surface area contributed by atoms with Crippen LogP contribution in [0, 0.1) is 40.4 Å². The Hall–Kier alpha value is -2.12. The molecule has 170 valence electrons. The summed E-state index contributed by atoms with van der Waals surface area (Å²) in [4.78, 5) is 14.3. The van der Waals surface area contributed by atoms with Gasteiger partial charge in [0.1, 0.15) is 0 Å². The maximum atomic E-state index is 12.2. The van der Waals surface area contributed by atoms with Gasteiger partial charge in [-0.15, -0.1) is 0 Å². The Bertz CT molecular complexity index is 974. The number of carbonyl (C=O) groups is 1. The van der Waals surface area contributed by atoms with Crippen molar-refractivity contribution in [3.8, 4) is 6.07 Å². The van der Waals surface area contributed by atoms with Gasteiger partial charge in [0.2, 0.25) is 0 Å². The fraction of sp³-hybridized carbons (Fsp3) is 0.643.